The number of rotatable bonds is 5. The fourth-order valence-corrected chi connectivity index (χ4v) is 2.21. The number of hydrogen-bond acceptors (Lipinski definition) is 4. The molecule has 0 saturated heterocycles. The van der Waals surface area contributed by atoms with Crippen molar-refractivity contribution in [3.05, 3.63) is 42.1 Å². The van der Waals surface area contributed by atoms with E-state index < -0.39 is 0 Å². The second-order valence-electron chi connectivity index (χ2n) is 4.85. The summed E-state index contributed by atoms with van der Waals surface area (Å²) in [6.45, 7) is 0.825. The third-order valence-corrected chi connectivity index (χ3v) is 3.19. The lowest BCUT2D eigenvalue weighted by Gasteiger charge is -2.18. The number of pyridine rings is 1. The second-order valence-corrected chi connectivity index (χ2v) is 4.85. The fourth-order valence-electron chi connectivity index (χ4n) is 2.21. The summed E-state index contributed by atoms with van der Waals surface area (Å²) >= 11 is 0. The number of ether oxygens (including phenoxy) is 1. The minimum atomic E-state index is 0.821. The molecule has 0 bridgehead atoms. The zero-order valence-electron chi connectivity index (χ0n) is 12.5. The number of hydrogen-bond donors (Lipinski definition) is 1. The molecule has 1 aromatic heterocycles. The number of nitrogens with one attached hydrogen (secondary N) is 1. The molecule has 20 heavy (non-hydrogen) atoms. The van der Waals surface area contributed by atoms with Crippen molar-refractivity contribution in [2.24, 2.45) is 0 Å². The molecule has 106 valence electrons. The monoisotopic (exact) mass is 271 g/mol. The summed E-state index contributed by atoms with van der Waals surface area (Å²) in [6, 6.07) is 10.2. The van der Waals surface area contributed by atoms with Crippen molar-refractivity contribution in [1.82, 2.24) is 10.3 Å². The van der Waals surface area contributed by atoms with Crippen LogP contribution in [0.25, 0.3) is 11.3 Å². The quantitative estimate of drug-likeness (QED) is 0.907. The van der Waals surface area contributed by atoms with Crippen LogP contribution in [0.5, 0.6) is 5.75 Å². The maximum atomic E-state index is 5.26. The molecule has 4 nitrogen and oxygen atoms in total. The van der Waals surface area contributed by atoms with E-state index >= 15 is 0 Å². The molecule has 0 fully saturated rings. The van der Waals surface area contributed by atoms with Gasteiger partial charge in [-0.25, -0.2) is 0 Å². The number of aromatic nitrogens is 1. The minimum Gasteiger partial charge on any atom is -0.497 e. The van der Waals surface area contributed by atoms with E-state index in [1.165, 1.54) is 11.3 Å². The van der Waals surface area contributed by atoms with Crippen LogP contribution in [0.2, 0.25) is 0 Å². The molecule has 0 aliphatic rings. The molecule has 0 unspecified atom stereocenters. The summed E-state index contributed by atoms with van der Waals surface area (Å²) in [5.41, 5.74) is 4.48. The summed E-state index contributed by atoms with van der Waals surface area (Å²) in [6.07, 6.45) is 1.77. The van der Waals surface area contributed by atoms with E-state index in [1.54, 1.807) is 13.3 Å². The maximum absolute atomic E-state index is 5.26. The lowest BCUT2D eigenvalue weighted by Crippen LogP contribution is -2.14. The predicted molar refractivity (Wildman–Crippen MR) is 83.3 cm³/mol. The Morgan fingerprint density at radius 3 is 2.65 bits per heavy atom. The van der Waals surface area contributed by atoms with E-state index in [0.29, 0.717) is 0 Å². The normalized spacial score (nSPS) is 10.4. The van der Waals surface area contributed by atoms with Gasteiger partial charge in [-0.1, -0.05) is 6.07 Å². The van der Waals surface area contributed by atoms with Gasteiger partial charge in [0.15, 0.2) is 0 Å². The van der Waals surface area contributed by atoms with Crippen LogP contribution in [0.15, 0.2) is 36.5 Å². The molecular formula is C16H21N3O. The molecule has 1 heterocycles. The van der Waals surface area contributed by atoms with Gasteiger partial charge in [0.25, 0.3) is 0 Å². The van der Waals surface area contributed by atoms with Crippen LogP contribution in [0.1, 0.15) is 5.56 Å². The highest BCUT2D eigenvalue weighted by atomic mass is 16.5. The fraction of sp³-hybridized carbons (Fsp3) is 0.312. The van der Waals surface area contributed by atoms with Crippen molar-refractivity contribution in [2.75, 3.05) is 33.2 Å². The Hall–Kier alpha value is -2.07. The molecule has 0 atom stereocenters. The van der Waals surface area contributed by atoms with Crippen LogP contribution in [0.4, 0.5) is 5.69 Å². The van der Waals surface area contributed by atoms with Crippen LogP contribution in [-0.2, 0) is 6.54 Å². The van der Waals surface area contributed by atoms with E-state index in [4.69, 9.17) is 4.74 Å². The Morgan fingerprint density at radius 1 is 1.20 bits per heavy atom. The number of methoxy groups -OCH3 is 1. The van der Waals surface area contributed by atoms with E-state index in [-0.39, 0.29) is 0 Å². The zero-order chi connectivity index (χ0) is 14.5. The number of nitrogens with zero attached hydrogens (tertiary/aromatic N) is 2. The molecule has 1 aromatic carbocycles. The van der Waals surface area contributed by atoms with Crippen molar-refractivity contribution >= 4 is 5.69 Å². The van der Waals surface area contributed by atoms with Gasteiger partial charge in [-0.2, -0.15) is 0 Å². The Bertz CT molecular complexity index is 582. The SMILES string of the molecule is CNCc1cc(-c2cc(OC)ccn2)ccc1N(C)C. The minimum absolute atomic E-state index is 0.821. The smallest absolute Gasteiger partial charge is 0.122 e. The lowest BCUT2D eigenvalue weighted by atomic mass is 10.0. The third-order valence-electron chi connectivity index (χ3n) is 3.19. The van der Waals surface area contributed by atoms with Crippen LogP contribution in [-0.4, -0.2) is 33.2 Å². The summed E-state index contributed by atoms with van der Waals surface area (Å²) in [5.74, 6) is 0.821. The molecule has 0 radical (unpaired) electrons. The van der Waals surface area contributed by atoms with Gasteiger partial charge in [0.05, 0.1) is 12.8 Å². The molecular weight excluding hydrogens is 250 g/mol. The van der Waals surface area contributed by atoms with Gasteiger partial charge in [-0.15, -0.1) is 0 Å². The molecule has 0 aliphatic carbocycles. The van der Waals surface area contributed by atoms with E-state index in [1.807, 2.05) is 19.2 Å². The lowest BCUT2D eigenvalue weighted by molar-refractivity contribution is 0.414. The highest BCUT2D eigenvalue weighted by molar-refractivity contribution is 5.67. The first-order valence-corrected chi connectivity index (χ1v) is 6.61. The summed E-state index contributed by atoms with van der Waals surface area (Å²) < 4.78 is 5.26. The van der Waals surface area contributed by atoms with E-state index in [0.717, 1.165) is 23.6 Å². The van der Waals surface area contributed by atoms with Gasteiger partial charge in [0, 0.05) is 44.2 Å². The second kappa shape index (κ2) is 6.39. The number of benzene rings is 1. The third kappa shape index (κ3) is 3.08. The average Bonchev–Trinajstić information content (AvgIpc) is 2.47. The van der Waals surface area contributed by atoms with Gasteiger partial charge in [-0.05, 0) is 30.8 Å². The molecule has 0 spiro atoms. The summed E-state index contributed by atoms with van der Waals surface area (Å²) in [4.78, 5) is 6.54. The summed E-state index contributed by atoms with van der Waals surface area (Å²) in [5, 5.41) is 3.21. The van der Waals surface area contributed by atoms with Crippen LogP contribution in [0.3, 0.4) is 0 Å². The standard InChI is InChI=1S/C16H21N3O/c1-17-11-13-9-12(5-6-16(13)19(2)3)15-10-14(20-4)7-8-18-15/h5-10,17H,11H2,1-4H3. The van der Waals surface area contributed by atoms with Gasteiger partial charge in [0.1, 0.15) is 5.75 Å². The van der Waals surface area contributed by atoms with Crippen LogP contribution < -0.4 is 15.0 Å². The molecule has 0 saturated carbocycles. The van der Waals surface area contributed by atoms with Gasteiger partial charge in [-0.3, -0.25) is 4.98 Å². The Labute approximate surface area is 120 Å². The van der Waals surface area contributed by atoms with Crippen molar-refractivity contribution in [1.29, 1.82) is 0 Å². The maximum Gasteiger partial charge on any atom is 0.122 e. The molecule has 0 amide bonds. The topological polar surface area (TPSA) is 37.4 Å². The van der Waals surface area contributed by atoms with Crippen molar-refractivity contribution in [3.63, 3.8) is 0 Å². The first-order chi connectivity index (χ1) is 9.65. The number of anilines is 1. The van der Waals surface area contributed by atoms with E-state index in [9.17, 15) is 0 Å². The largest absolute Gasteiger partial charge is 0.497 e. The predicted octanol–water partition coefficient (Wildman–Crippen LogP) is 2.54. The highest BCUT2D eigenvalue weighted by Gasteiger charge is 2.08. The van der Waals surface area contributed by atoms with Gasteiger partial charge < -0.3 is 15.0 Å². The highest BCUT2D eigenvalue weighted by Crippen LogP contribution is 2.27. The first-order valence-electron chi connectivity index (χ1n) is 6.61. The Kier molecular flexibility index (Phi) is 4.58. The molecule has 1 N–H and O–H groups in total. The molecule has 0 aliphatic heterocycles. The van der Waals surface area contributed by atoms with Crippen molar-refractivity contribution in [3.8, 4) is 17.0 Å². The van der Waals surface area contributed by atoms with E-state index in [2.05, 4.69) is 47.5 Å². The van der Waals surface area contributed by atoms with Crippen molar-refractivity contribution < 1.29 is 4.74 Å². The Balaban J connectivity index is 2.44. The van der Waals surface area contributed by atoms with Crippen molar-refractivity contribution in [2.45, 2.75) is 6.54 Å². The molecule has 4 heteroatoms. The van der Waals surface area contributed by atoms with Crippen LogP contribution >= 0.6 is 0 Å². The summed E-state index contributed by atoms with van der Waals surface area (Å²) in [7, 11) is 7.73. The molecule has 2 rings (SSSR count). The first kappa shape index (κ1) is 14.3. The molecule has 2 aromatic rings. The van der Waals surface area contributed by atoms with Gasteiger partial charge >= 0.3 is 0 Å². The average molecular weight is 271 g/mol. The zero-order valence-corrected chi connectivity index (χ0v) is 12.5. The van der Waals surface area contributed by atoms with Gasteiger partial charge in [0.2, 0.25) is 0 Å². The Morgan fingerprint density at radius 2 is 2.00 bits per heavy atom. The van der Waals surface area contributed by atoms with Crippen LogP contribution in [0, 0.1) is 0 Å².